The number of esters is 1. The summed E-state index contributed by atoms with van der Waals surface area (Å²) in [7, 11) is 1.60. The quantitative estimate of drug-likeness (QED) is 0.460. The molecule has 0 radical (unpaired) electrons. The maximum Gasteiger partial charge on any atom is 0.326 e. The van der Waals surface area contributed by atoms with Crippen LogP contribution in [0.15, 0.2) is 53.9 Å². The lowest BCUT2D eigenvalue weighted by molar-refractivity contribution is -0.145. The molecule has 1 aromatic heterocycles. The highest BCUT2D eigenvalue weighted by molar-refractivity contribution is 7.13. The third-order valence-electron chi connectivity index (χ3n) is 4.44. The van der Waals surface area contributed by atoms with Gasteiger partial charge >= 0.3 is 5.97 Å². The Labute approximate surface area is 170 Å². The summed E-state index contributed by atoms with van der Waals surface area (Å²) in [5.74, 6) is -0.887. The summed E-state index contributed by atoms with van der Waals surface area (Å²) >= 11 is 1.43. The van der Waals surface area contributed by atoms with Gasteiger partial charge in [0.05, 0.1) is 23.9 Å². The lowest BCUT2D eigenvalue weighted by atomic mass is 10.1. The Balaban J connectivity index is 1.35. The lowest BCUT2D eigenvalue weighted by Gasteiger charge is -2.12. The van der Waals surface area contributed by atoms with E-state index in [4.69, 9.17) is 9.47 Å². The second-order valence-corrected chi connectivity index (χ2v) is 7.13. The zero-order valence-electron chi connectivity index (χ0n) is 15.5. The van der Waals surface area contributed by atoms with E-state index >= 15 is 0 Å². The fraction of sp³-hybridized carbons (Fsp3) is 0.143. The molecule has 0 saturated heterocycles. The Morgan fingerprint density at radius 1 is 1.03 bits per heavy atom. The molecule has 0 unspecified atom stereocenters. The van der Waals surface area contributed by atoms with Gasteiger partial charge in [-0.05, 0) is 36.4 Å². The third kappa shape index (κ3) is 3.74. The van der Waals surface area contributed by atoms with Crippen LogP contribution in [-0.2, 0) is 16.1 Å². The van der Waals surface area contributed by atoms with Gasteiger partial charge in [-0.3, -0.25) is 19.3 Å². The summed E-state index contributed by atoms with van der Waals surface area (Å²) in [5, 5.41) is 2.59. The summed E-state index contributed by atoms with van der Waals surface area (Å²) in [6.45, 7) is -0.462. The largest absolute Gasteiger partial charge is 0.497 e. The van der Waals surface area contributed by atoms with Crippen LogP contribution in [0.3, 0.4) is 0 Å². The third-order valence-corrected chi connectivity index (χ3v) is 5.38. The molecule has 0 saturated carbocycles. The highest BCUT2D eigenvalue weighted by Crippen LogP contribution is 2.26. The predicted octanol–water partition coefficient (Wildman–Crippen LogP) is 3.16. The first-order chi connectivity index (χ1) is 14.1. The summed E-state index contributed by atoms with van der Waals surface area (Å²) in [5.41, 5.74) is 2.12. The van der Waals surface area contributed by atoms with Crippen LogP contribution < -0.4 is 4.74 Å². The minimum Gasteiger partial charge on any atom is -0.497 e. The number of hydrogen-bond acceptors (Lipinski definition) is 7. The number of carbonyl (C=O) groups is 3. The fourth-order valence-corrected chi connectivity index (χ4v) is 3.76. The van der Waals surface area contributed by atoms with E-state index < -0.39 is 24.3 Å². The number of aromatic nitrogens is 1. The maximum absolute atomic E-state index is 12.3. The van der Waals surface area contributed by atoms with Crippen molar-refractivity contribution in [2.24, 2.45) is 0 Å². The van der Waals surface area contributed by atoms with Gasteiger partial charge in [0.15, 0.2) is 0 Å². The normalized spacial score (nSPS) is 12.8. The van der Waals surface area contributed by atoms with Crippen molar-refractivity contribution in [3.8, 4) is 16.3 Å². The highest BCUT2D eigenvalue weighted by atomic mass is 32.1. The van der Waals surface area contributed by atoms with Gasteiger partial charge in [-0.2, -0.15) is 0 Å². The van der Waals surface area contributed by atoms with Crippen molar-refractivity contribution in [1.82, 2.24) is 9.88 Å². The Bertz CT molecular complexity index is 1060. The maximum atomic E-state index is 12.3. The topological polar surface area (TPSA) is 85.8 Å². The number of fused-ring (bicyclic) bond motifs is 1. The molecule has 0 aliphatic carbocycles. The molecule has 2 amide bonds. The molecule has 2 heterocycles. The number of carbonyl (C=O) groups excluding carboxylic acids is 3. The van der Waals surface area contributed by atoms with Crippen LogP contribution in [0.2, 0.25) is 0 Å². The van der Waals surface area contributed by atoms with Crippen LogP contribution in [0.1, 0.15) is 26.4 Å². The van der Waals surface area contributed by atoms with Crippen molar-refractivity contribution in [2.75, 3.05) is 13.7 Å². The minimum atomic E-state index is -0.668. The monoisotopic (exact) mass is 408 g/mol. The van der Waals surface area contributed by atoms with E-state index in [1.54, 1.807) is 36.8 Å². The summed E-state index contributed by atoms with van der Waals surface area (Å²) < 4.78 is 10.3. The average molecular weight is 408 g/mol. The first-order valence-electron chi connectivity index (χ1n) is 8.76. The van der Waals surface area contributed by atoms with E-state index in [1.807, 2.05) is 24.3 Å². The smallest absolute Gasteiger partial charge is 0.326 e. The number of ether oxygens (including phenoxy) is 2. The summed E-state index contributed by atoms with van der Waals surface area (Å²) in [6, 6.07) is 14.0. The molecule has 8 heteroatoms. The Hall–Kier alpha value is -3.52. The van der Waals surface area contributed by atoms with Gasteiger partial charge in [0, 0.05) is 10.9 Å². The average Bonchev–Trinajstić information content (AvgIpc) is 3.32. The van der Waals surface area contributed by atoms with Gasteiger partial charge in [-0.15, -0.1) is 11.3 Å². The van der Waals surface area contributed by atoms with E-state index in [2.05, 4.69) is 4.98 Å². The van der Waals surface area contributed by atoms with Crippen LogP contribution >= 0.6 is 11.3 Å². The van der Waals surface area contributed by atoms with Crippen molar-refractivity contribution < 1.29 is 23.9 Å². The number of benzene rings is 2. The molecule has 0 fully saturated rings. The van der Waals surface area contributed by atoms with Gasteiger partial charge in [-0.1, -0.05) is 12.1 Å². The molecule has 1 aliphatic rings. The Kier molecular flexibility index (Phi) is 5.09. The second kappa shape index (κ2) is 7.84. The van der Waals surface area contributed by atoms with Gasteiger partial charge in [0.25, 0.3) is 11.8 Å². The van der Waals surface area contributed by atoms with E-state index in [1.165, 1.54) is 11.3 Å². The zero-order valence-corrected chi connectivity index (χ0v) is 16.3. The Morgan fingerprint density at radius 3 is 2.31 bits per heavy atom. The molecule has 146 valence electrons. The first kappa shape index (κ1) is 18.8. The second-order valence-electron chi connectivity index (χ2n) is 6.28. The van der Waals surface area contributed by atoms with Crippen LogP contribution in [-0.4, -0.2) is 41.3 Å². The fourth-order valence-electron chi connectivity index (χ4n) is 2.95. The lowest BCUT2D eigenvalue weighted by Crippen LogP contribution is -2.35. The Morgan fingerprint density at radius 2 is 1.69 bits per heavy atom. The molecule has 0 N–H and O–H groups in total. The molecular formula is C21H16N2O5S. The van der Waals surface area contributed by atoms with Gasteiger partial charge in [0.2, 0.25) is 0 Å². The summed E-state index contributed by atoms with van der Waals surface area (Å²) in [6.07, 6.45) is 0. The van der Waals surface area contributed by atoms with E-state index in [0.717, 1.165) is 21.2 Å². The minimum absolute atomic E-state index is 0.0331. The van der Waals surface area contributed by atoms with Crippen LogP contribution in [0.25, 0.3) is 10.6 Å². The number of hydrogen-bond donors (Lipinski definition) is 0. The molecule has 0 spiro atoms. The van der Waals surface area contributed by atoms with Crippen LogP contribution in [0, 0.1) is 0 Å². The van der Waals surface area contributed by atoms with Crippen molar-refractivity contribution in [3.63, 3.8) is 0 Å². The van der Waals surface area contributed by atoms with Crippen molar-refractivity contribution in [2.45, 2.75) is 6.61 Å². The predicted molar refractivity (Wildman–Crippen MR) is 106 cm³/mol. The number of methoxy groups -OCH3 is 1. The van der Waals surface area contributed by atoms with Crippen LogP contribution in [0.5, 0.6) is 5.75 Å². The number of rotatable bonds is 6. The van der Waals surface area contributed by atoms with Gasteiger partial charge in [0.1, 0.15) is 23.9 Å². The molecule has 29 heavy (non-hydrogen) atoms. The molecular weight excluding hydrogens is 392 g/mol. The SMILES string of the molecule is COc1ccc(-c2nc(COC(=O)CN3C(=O)c4ccccc4C3=O)cs2)cc1. The zero-order chi connectivity index (χ0) is 20.4. The van der Waals surface area contributed by atoms with Gasteiger partial charge in [-0.25, -0.2) is 4.98 Å². The van der Waals surface area contributed by atoms with Crippen molar-refractivity contribution >= 4 is 29.1 Å². The number of amides is 2. The van der Waals surface area contributed by atoms with Crippen molar-refractivity contribution in [3.05, 3.63) is 70.7 Å². The molecule has 1 aliphatic heterocycles. The van der Waals surface area contributed by atoms with E-state index in [0.29, 0.717) is 16.8 Å². The van der Waals surface area contributed by atoms with Gasteiger partial charge < -0.3 is 9.47 Å². The number of thiazole rings is 1. The summed E-state index contributed by atoms with van der Waals surface area (Å²) in [4.78, 5) is 42.1. The highest BCUT2D eigenvalue weighted by Gasteiger charge is 2.36. The van der Waals surface area contributed by atoms with Crippen molar-refractivity contribution in [1.29, 1.82) is 0 Å². The van der Waals surface area contributed by atoms with Crippen LogP contribution in [0.4, 0.5) is 0 Å². The molecule has 4 rings (SSSR count). The molecule has 2 aromatic carbocycles. The number of nitrogens with zero attached hydrogens (tertiary/aromatic N) is 2. The molecule has 0 bridgehead atoms. The van der Waals surface area contributed by atoms with E-state index in [9.17, 15) is 14.4 Å². The molecule has 0 atom stereocenters. The number of imide groups is 1. The molecule has 3 aromatic rings. The first-order valence-corrected chi connectivity index (χ1v) is 9.64. The molecule has 7 nitrogen and oxygen atoms in total. The standard InChI is InChI=1S/C21H16N2O5S/c1-27-15-8-6-13(7-9-15)19-22-14(12-29-19)11-28-18(24)10-23-20(25)16-4-2-3-5-17(16)21(23)26/h2-9,12H,10-11H2,1H3. The van der Waals surface area contributed by atoms with E-state index in [-0.39, 0.29) is 6.61 Å².